The molecule has 8 heteroatoms. The highest BCUT2D eigenvalue weighted by atomic mass is 35.5. The van der Waals surface area contributed by atoms with E-state index in [0.717, 1.165) is 12.1 Å². The predicted molar refractivity (Wildman–Crippen MR) is 96.2 cm³/mol. The SMILES string of the molecule is CCc1cc(C(=O)N2CCN(C(=O)c3cccc(Cl)c3Cl)CC2)n[nH]1. The van der Waals surface area contributed by atoms with Gasteiger partial charge < -0.3 is 9.80 Å². The Balaban J connectivity index is 1.64. The van der Waals surface area contributed by atoms with Gasteiger partial charge in [-0.3, -0.25) is 14.7 Å². The number of aryl methyl sites for hydroxylation is 1. The lowest BCUT2D eigenvalue weighted by atomic mass is 10.1. The van der Waals surface area contributed by atoms with E-state index in [1.165, 1.54) is 0 Å². The molecule has 1 aliphatic rings. The number of nitrogens with one attached hydrogen (secondary N) is 1. The average Bonchev–Trinajstić information content (AvgIpc) is 3.12. The molecule has 0 spiro atoms. The largest absolute Gasteiger partial charge is 0.335 e. The molecule has 6 nitrogen and oxygen atoms in total. The number of halogens is 2. The Bertz CT molecular complexity index is 798. The summed E-state index contributed by atoms with van der Waals surface area (Å²) in [7, 11) is 0. The maximum absolute atomic E-state index is 12.6. The Hall–Kier alpha value is -2.05. The zero-order valence-electron chi connectivity index (χ0n) is 13.8. The van der Waals surface area contributed by atoms with Gasteiger partial charge in [0.1, 0.15) is 5.69 Å². The molecule has 132 valence electrons. The van der Waals surface area contributed by atoms with Gasteiger partial charge in [0.2, 0.25) is 0 Å². The summed E-state index contributed by atoms with van der Waals surface area (Å²) in [6.45, 7) is 3.79. The summed E-state index contributed by atoms with van der Waals surface area (Å²) in [5.74, 6) is -0.295. The molecule has 0 bridgehead atoms. The fourth-order valence-electron chi connectivity index (χ4n) is 2.77. The minimum Gasteiger partial charge on any atom is -0.335 e. The van der Waals surface area contributed by atoms with E-state index >= 15 is 0 Å². The quantitative estimate of drug-likeness (QED) is 0.889. The van der Waals surface area contributed by atoms with E-state index in [2.05, 4.69) is 10.2 Å². The molecule has 1 aromatic carbocycles. The van der Waals surface area contributed by atoms with Crippen molar-refractivity contribution in [3.8, 4) is 0 Å². The van der Waals surface area contributed by atoms with Crippen LogP contribution in [0.3, 0.4) is 0 Å². The van der Waals surface area contributed by atoms with Crippen LogP contribution < -0.4 is 0 Å². The fourth-order valence-corrected chi connectivity index (χ4v) is 3.15. The van der Waals surface area contributed by atoms with Gasteiger partial charge in [-0.1, -0.05) is 36.2 Å². The molecule has 1 aromatic heterocycles. The van der Waals surface area contributed by atoms with Crippen molar-refractivity contribution in [3.63, 3.8) is 0 Å². The van der Waals surface area contributed by atoms with E-state index in [4.69, 9.17) is 23.2 Å². The lowest BCUT2D eigenvalue weighted by Gasteiger charge is -2.34. The molecular formula is C17H18Cl2N4O2. The highest BCUT2D eigenvalue weighted by molar-refractivity contribution is 6.43. The number of carbonyl (C=O) groups excluding carboxylic acids is 2. The molecule has 0 saturated carbocycles. The van der Waals surface area contributed by atoms with Gasteiger partial charge in [-0.15, -0.1) is 0 Å². The summed E-state index contributed by atoms with van der Waals surface area (Å²) in [4.78, 5) is 28.5. The summed E-state index contributed by atoms with van der Waals surface area (Å²) < 4.78 is 0. The molecule has 1 fully saturated rings. The van der Waals surface area contributed by atoms with Gasteiger partial charge in [-0.25, -0.2) is 0 Å². The Morgan fingerprint density at radius 3 is 2.36 bits per heavy atom. The van der Waals surface area contributed by atoms with Crippen molar-refractivity contribution < 1.29 is 9.59 Å². The molecular weight excluding hydrogens is 363 g/mol. The van der Waals surface area contributed by atoms with Gasteiger partial charge in [0.05, 0.1) is 15.6 Å². The molecule has 0 unspecified atom stereocenters. The predicted octanol–water partition coefficient (Wildman–Crippen LogP) is 2.88. The van der Waals surface area contributed by atoms with E-state index in [1.807, 2.05) is 6.92 Å². The topological polar surface area (TPSA) is 69.3 Å². The van der Waals surface area contributed by atoms with Gasteiger partial charge in [-0.2, -0.15) is 5.10 Å². The van der Waals surface area contributed by atoms with E-state index < -0.39 is 0 Å². The molecule has 0 aliphatic carbocycles. The first-order valence-corrected chi connectivity index (χ1v) is 8.83. The number of H-pyrrole nitrogens is 1. The normalized spacial score (nSPS) is 14.7. The van der Waals surface area contributed by atoms with Crippen LogP contribution in [-0.2, 0) is 6.42 Å². The number of hydrogen-bond donors (Lipinski definition) is 1. The van der Waals surface area contributed by atoms with Crippen LogP contribution in [-0.4, -0.2) is 58.0 Å². The van der Waals surface area contributed by atoms with E-state index in [9.17, 15) is 9.59 Å². The standard InChI is InChI=1S/C17H18Cl2N4O2/c1-2-11-10-14(21-20-11)17(25)23-8-6-22(7-9-23)16(24)12-4-3-5-13(18)15(12)19/h3-5,10H,2,6-9H2,1H3,(H,20,21). The Morgan fingerprint density at radius 2 is 1.76 bits per heavy atom. The number of aromatic amines is 1. The van der Waals surface area contributed by atoms with Gasteiger partial charge in [0.15, 0.2) is 0 Å². The summed E-state index contributed by atoms with van der Waals surface area (Å²) in [5.41, 5.74) is 1.72. The van der Waals surface area contributed by atoms with Crippen molar-refractivity contribution in [2.24, 2.45) is 0 Å². The average molecular weight is 381 g/mol. The van der Waals surface area contributed by atoms with Crippen molar-refractivity contribution in [1.29, 1.82) is 0 Å². The first kappa shape index (κ1) is 17.8. The monoisotopic (exact) mass is 380 g/mol. The minimum absolute atomic E-state index is 0.121. The second-order valence-electron chi connectivity index (χ2n) is 5.82. The second kappa shape index (κ2) is 7.45. The van der Waals surface area contributed by atoms with Crippen molar-refractivity contribution in [3.05, 3.63) is 51.3 Å². The van der Waals surface area contributed by atoms with Crippen LogP contribution in [0.1, 0.15) is 33.5 Å². The molecule has 1 aliphatic heterocycles. The van der Waals surface area contributed by atoms with Crippen LogP contribution >= 0.6 is 23.2 Å². The van der Waals surface area contributed by atoms with Gasteiger partial charge in [-0.05, 0) is 24.6 Å². The van der Waals surface area contributed by atoms with Crippen molar-refractivity contribution >= 4 is 35.0 Å². The third kappa shape index (κ3) is 3.65. The van der Waals surface area contributed by atoms with Gasteiger partial charge in [0, 0.05) is 31.9 Å². The Kier molecular flexibility index (Phi) is 5.30. The summed E-state index contributed by atoms with van der Waals surface area (Å²) in [6.07, 6.45) is 0.795. The third-order valence-corrected chi connectivity index (χ3v) is 5.09. The Labute approximate surface area is 155 Å². The number of carbonyl (C=O) groups is 2. The molecule has 0 atom stereocenters. The minimum atomic E-state index is -0.173. The first-order valence-electron chi connectivity index (χ1n) is 8.08. The number of aromatic nitrogens is 2. The lowest BCUT2D eigenvalue weighted by molar-refractivity contribution is 0.0532. The zero-order chi connectivity index (χ0) is 18.0. The van der Waals surface area contributed by atoms with Gasteiger partial charge >= 0.3 is 0 Å². The summed E-state index contributed by atoms with van der Waals surface area (Å²) in [6, 6.07) is 6.77. The zero-order valence-corrected chi connectivity index (χ0v) is 15.3. The van der Waals surface area contributed by atoms with E-state index in [-0.39, 0.29) is 16.8 Å². The Morgan fingerprint density at radius 1 is 1.12 bits per heavy atom. The van der Waals surface area contributed by atoms with E-state index in [0.29, 0.717) is 42.5 Å². The number of hydrogen-bond acceptors (Lipinski definition) is 3. The van der Waals surface area contributed by atoms with Crippen LogP contribution in [0.25, 0.3) is 0 Å². The van der Waals surface area contributed by atoms with Crippen LogP contribution in [0.15, 0.2) is 24.3 Å². The van der Waals surface area contributed by atoms with Crippen LogP contribution in [0, 0.1) is 0 Å². The number of nitrogens with zero attached hydrogens (tertiary/aromatic N) is 3. The molecule has 1 saturated heterocycles. The molecule has 25 heavy (non-hydrogen) atoms. The fraction of sp³-hybridized carbons (Fsp3) is 0.353. The second-order valence-corrected chi connectivity index (χ2v) is 6.60. The number of piperazine rings is 1. The number of amides is 2. The molecule has 1 N–H and O–H groups in total. The smallest absolute Gasteiger partial charge is 0.274 e. The van der Waals surface area contributed by atoms with Crippen LogP contribution in [0.5, 0.6) is 0 Å². The van der Waals surface area contributed by atoms with Crippen molar-refractivity contribution in [2.75, 3.05) is 26.2 Å². The maximum atomic E-state index is 12.6. The highest BCUT2D eigenvalue weighted by Gasteiger charge is 2.27. The summed E-state index contributed by atoms with van der Waals surface area (Å²) >= 11 is 12.1. The molecule has 2 heterocycles. The van der Waals surface area contributed by atoms with Crippen LogP contribution in [0.4, 0.5) is 0 Å². The van der Waals surface area contributed by atoms with Crippen molar-refractivity contribution in [2.45, 2.75) is 13.3 Å². The highest BCUT2D eigenvalue weighted by Crippen LogP contribution is 2.26. The third-order valence-electron chi connectivity index (χ3n) is 4.27. The summed E-state index contributed by atoms with van der Waals surface area (Å²) in [5, 5.41) is 7.52. The van der Waals surface area contributed by atoms with Crippen molar-refractivity contribution in [1.82, 2.24) is 20.0 Å². The first-order chi connectivity index (χ1) is 12.0. The molecule has 3 rings (SSSR count). The molecule has 0 radical (unpaired) electrons. The molecule has 2 amide bonds. The van der Waals surface area contributed by atoms with Crippen LogP contribution in [0.2, 0.25) is 10.0 Å². The van der Waals surface area contributed by atoms with Gasteiger partial charge in [0.25, 0.3) is 11.8 Å². The number of benzene rings is 1. The maximum Gasteiger partial charge on any atom is 0.274 e. The number of rotatable bonds is 3. The van der Waals surface area contributed by atoms with E-state index in [1.54, 1.807) is 34.1 Å². The lowest BCUT2D eigenvalue weighted by Crippen LogP contribution is -2.50. The molecule has 2 aromatic rings.